The van der Waals surface area contributed by atoms with Crippen LogP contribution in [0.25, 0.3) is 0 Å². The highest BCUT2D eigenvalue weighted by atomic mass is 35.5. The Kier molecular flexibility index (Phi) is 5.69. The van der Waals surface area contributed by atoms with Gasteiger partial charge in [-0.15, -0.1) is 0 Å². The van der Waals surface area contributed by atoms with Gasteiger partial charge in [-0.1, -0.05) is 11.6 Å². The van der Waals surface area contributed by atoms with E-state index in [4.69, 9.17) is 21.1 Å². The van der Waals surface area contributed by atoms with Crippen LogP contribution >= 0.6 is 11.6 Å². The molecule has 1 aromatic carbocycles. The molecule has 2 fully saturated rings. The first-order valence-electron chi connectivity index (χ1n) is 9.71. The summed E-state index contributed by atoms with van der Waals surface area (Å²) in [4.78, 5) is 45.2. The quantitative estimate of drug-likeness (QED) is 0.561. The van der Waals surface area contributed by atoms with Crippen molar-refractivity contribution in [3.8, 4) is 11.5 Å². The Hall–Kier alpha value is -3.33. The van der Waals surface area contributed by atoms with Gasteiger partial charge in [0.1, 0.15) is 22.7 Å². The number of hydrogen-bond donors (Lipinski definition) is 1. The Bertz CT molecular complexity index is 1020. The highest BCUT2D eigenvalue weighted by Crippen LogP contribution is 2.35. The number of nitrogens with zero attached hydrogens (tertiary/aromatic N) is 3. The smallest absolute Gasteiger partial charge is 0.332 e. The van der Waals surface area contributed by atoms with Gasteiger partial charge in [-0.05, 0) is 25.0 Å². The molecule has 0 spiro atoms. The van der Waals surface area contributed by atoms with Crippen LogP contribution in [0, 0.1) is 0 Å². The predicted molar refractivity (Wildman–Crippen MR) is 113 cm³/mol. The number of ether oxygens (including phenoxy) is 2. The van der Waals surface area contributed by atoms with Crippen molar-refractivity contribution < 1.29 is 23.9 Å². The van der Waals surface area contributed by atoms with E-state index >= 15 is 0 Å². The molecule has 4 rings (SSSR count). The van der Waals surface area contributed by atoms with Gasteiger partial charge in [0, 0.05) is 42.5 Å². The monoisotopic (exact) mass is 444 g/mol. The third-order valence-corrected chi connectivity index (χ3v) is 5.67. The molecule has 2 saturated heterocycles. The molecule has 2 aliphatic heterocycles. The molecule has 0 aliphatic carbocycles. The van der Waals surface area contributed by atoms with E-state index in [1.807, 2.05) is 0 Å². The molecule has 4 amide bonds. The molecular weight excluding hydrogens is 424 g/mol. The predicted octanol–water partition coefficient (Wildman–Crippen LogP) is 2.48. The van der Waals surface area contributed by atoms with Crippen molar-refractivity contribution in [2.75, 3.05) is 25.7 Å². The molecule has 1 N–H and O–H groups in total. The number of imide groups is 1. The molecule has 2 aliphatic rings. The number of carbonyl (C=O) groups excluding carboxylic acids is 3. The standard InChI is InChI=1S/C21H21ClN4O5/c1-30-15-9-14(10-16(11-15)31-2)26-20(28)17-8-13(4-6-25(17)21(26)29)24-19(27)12-3-5-23-18(22)7-12/h3,5,7,9-11,13,17H,4,6,8H2,1-2H3,(H,24,27)/t13-,17-/m0/s1. The number of carbonyl (C=O) groups is 3. The van der Waals surface area contributed by atoms with Crippen LogP contribution in [0.2, 0.25) is 5.15 Å². The molecule has 1 aromatic heterocycles. The van der Waals surface area contributed by atoms with Crippen molar-refractivity contribution in [1.29, 1.82) is 0 Å². The molecule has 9 nitrogen and oxygen atoms in total. The lowest BCUT2D eigenvalue weighted by Crippen LogP contribution is -2.49. The number of nitrogens with one attached hydrogen (secondary N) is 1. The molecule has 0 saturated carbocycles. The van der Waals surface area contributed by atoms with Gasteiger partial charge < -0.3 is 19.7 Å². The second kappa shape index (κ2) is 8.43. The topological polar surface area (TPSA) is 101 Å². The molecule has 3 heterocycles. The largest absolute Gasteiger partial charge is 0.497 e. The van der Waals surface area contributed by atoms with E-state index in [-0.39, 0.29) is 23.0 Å². The van der Waals surface area contributed by atoms with Crippen molar-refractivity contribution in [2.45, 2.75) is 24.9 Å². The van der Waals surface area contributed by atoms with Gasteiger partial charge in [0.05, 0.1) is 19.9 Å². The van der Waals surface area contributed by atoms with Gasteiger partial charge in [0.15, 0.2) is 0 Å². The molecule has 2 atom stereocenters. The number of aromatic nitrogens is 1. The third kappa shape index (κ3) is 4.00. The summed E-state index contributed by atoms with van der Waals surface area (Å²) in [6.07, 6.45) is 2.32. The second-order valence-electron chi connectivity index (χ2n) is 7.30. The van der Waals surface area contributed by atoms with Crippen molar-refractivity contribution in [3.05, 3.63) is 47.2 Å². The van der Waals surface area contributed by atoms with E-state index in [1.165, 1.54) is 26.5 Å². The van der Waals surface area contributed by atoms with Crippen LogP contribution in [-0.4, -0.2) is 60.6 Å². The first-order chi connectivity index (χ1) is 14.9. The molecule has 2 aromatic rings. The van der Waals surface area contributed by atoms with Crippen LogP contribution < -0.4 is 19.7 Å². The number of amides is 4. The summed E-state index contributed by atoms with van der Waals surface area (Å²) < 4.78 is 10.5. The third-order valence-electron chi connectivity index (χ3n) is 5.46. The molecule has 31 heavy (non-hydrogen) atoms. The Morgan fingerprint density at radius 3 is 2.52 bits per heavy atom. The second-order valence-corrected chi connectivity index (χ2v) is 7.69. The minimum absolute atomic E-state index is 0.225. The number of piperidine rings is 1. The Morgan fingerprint density at radius 1 is 1.16 bits per heavy atom. The van der Waals surface area contributed by atoms with Gasteiger partial charge in [0.2, 0.25) is 0 Å². The highest BCUT2D eigenvalue weighted by molar-refractivity contribution is 6.29. The van der Waals surface area contributed by atoms with E-state index in [0.717, 1.165) is 4.90 Å². The normalized spacial score (nSPS) is 20.5. The number of fused-ring (bicyclic) bond motifs is 1. The first-order valence-corrected chi connectivity index (χ1v) is 10.1. The number of pyridine rings is 1. The van der Waals surface area contributed by atoms with E-state index < -0.39 is 12.1 Å². The van der Waals surface area contributed by atoms with E-state index in [2.05, 4.69) is 10.3 Å². The highest BCUT2D eigenvalue weighted by Gasteiger charge is 2.49. The summed E-state index contributed by atoms with van der Waals surface area (Å²) in [5.41, 5.74) is 0.772. The summed E-state index contributed by atoms with van der Waals surface area (Å²) in [7, 11) is 3.00. The van der Waals surface area contributed by atoms with Crippen LogP contribution in [0.15, 0.2) is 36.5 Å². The summed E-state index contributed by atoms with van der Waals surface area (Å²) in [6.45, 7) is 0.356. The Morgan fingerprint density at radius 2 is 1.87 bits per heavy atom. The number of methoxy groups -OCH3 is 2. The molecule has 0 bridgehead atoms. The minimum atomic E-state index is -0.648. The fourth-order valence-electron chi connectivity index (χ4n) is 3.90. The maximum absolute atomic E-state index is 13.1. The van der Waals surface area contributed by atoms with Crippen LogP contribution in [0.5, 0.6) is 11.5 Å². The number of halogens is 1. The summed E-state index contributed by atoms with van der Waals surface area (Å²) in [5.74, 6) is 0.307. The van der Waals surface area contributed by atoms with Gasteiger partial charge >= 0.3 is 6.03 Å². The van der Waals surface area contributed by atoms with Crippen LogP contribution in [0.1, 0.15) is 23.2 Å². The molecule has 10 heteroatoms. The summed E-state index contributed by atoms with van der Waals surface area (Å²) in [6, 6.07) is 6.65. The SMILES string of the molecule is COc1cc(OC)cc(N2C(=O)[C@@H]3C[C@@H](NC(=O)c4ccnc(Cl)c4)CCN3C2=O)c1. The number of anilines is 1. The van der Waals surface area contributed by atoms with Crippen LogP contribution in [0.4, 0.5) is 10.5 Å². The minimum Gasteiger partial charge on any atom is -0.497 e. The molecular formula is C21H21ClN4O5. The van der Waals surface area contributed by atoms with Gasteiger partial charge in [-0.3, -0.25) is 9.59 Å². The van der Waals surface area contributed by atoms with E-state index in [9.17, 15) is 14.4 Å². The molecule has 0 radical (unpaired) electrons. The molecule has 0 unspecified atom stereocenters. The van der Waals surface area contributed by atoms with E-state index in [0.29, 0.717) is 42.1 Å². The average molecular weight is 445 g/mol. The zero-order valence-electron chi connectivity index (χ0n) is 17.0. The zero-order valence-corrected chi connectivity index (χ0v) is 17.8. The number of urea groups is 1. The summed E-state index contributed by atoms with van der Waals surface area (Å²) >= 11 is 5.85. The van der Waals surface area contributed by atoms with Gasteiger partial charge in [-0.2, -0.15) is 0 Å². The first kappa shape index (κ1) is 20.9. The lowest BCUT2D eigenvalue weighted by Gasteiger charge is -2.32. The number of benzene rings is 1. The fourth-order valence-corrected chi connectivity index (χ4v) is 4.08. The zero-order chi connectivity index (χ0) is 22.1. The molecule has 162 valence electrons. The maximum atomic E-state index is 13.1. The van der Waals surface area contributed by atoms with E-state index in [1.54, 1.807) is 29.2 Å². The van der Waals surface area contributed by atoms with Crippen molar-refractivity contribution in [2.24, 2.45) is 0 Å². The maximum Gasteiger partial charge on any atom is 0.332 e. The van der Waals surface area contributed by atoms with Crippen LogP contribution in [-0.2, 0) is 4.79 Å². The Labute approximate surface area is 183 Å². The van der Waals surface area contributed by atoms with Crippen molar-refractivity contribution in [3.63, 3.8) is 0 Å². The van der Waals surface area contributed by atoms with Gasteiger partial charge in [0.25, 0.3) is 11.8 Å². The average Bonchev–Trinajstić information content (AvgIpc) is 3.02. The Balaban J connectivity index is 1.51. The fraction of sp³-hybridized carbons (Fsp3) is 0.333. The van der Waals surface area contributed by atoms with Crippen LogP contribution in [0.3, 0.4) is 0 Å². The van der Waals surface area contributed by atoms with Crippen molar-refractivity contribution >= 4 is 35.1 Å². The summed E-state index contributed by atoms with van der Waals surface area (Å²) in [5, 5.41) is 3.15. The van der Waals surface area contributed by atoms with Gasteiger partial charge in [-0.25, -0.2) is 14.7 Å². The lowest BCUT2D eigenvalue weighted by molar-refractivity contribution is -0.120. The number of hydrogen-bond acceptors (Lipinski definition) is 6. The van der Waals surface area contributed by atoms with Crippen molar-refractivity contribution in [1.82, 2.24) is 15.2 Å². The number of rotatable bonds is 5. The lowest BCUT2D eigenvalue weighted by atomic mass is 9.97.